The fourth-order valence-electron chi connectivity index (χ4n) is 7.17. The summed E-state index contributed by atoms with van der Waals surface area (Å²) < 4.78 is 4.58. The maximum absolute atomic E-state index is 5.37. The topological polar surface area (TPSA) is 48.0 Å². The second kappa shape index (κ2) is 9.58. The highest BCUT2D eigenvalue weighted by atomic mass is 15.2. The van der Waals surface area contributed by atoms with E-state index in [2.05, 4.69) is 148 Å². The van der Waals surface area contributed by atoms with E-state index in [1.807, 2.05) is 12.1 Å². The van der Waals surface area contributed by atoms with Crippen LogP contribution < -0.4 is 0 Å². The van der Waals surface area contributed by atoms with Crippen molar-refractivity contribution in [3.63, 3.8) is 0 Å². The number of hydrogen-bond acceptors (Lipinski definition) is 3. The zero-order chi connectivity index (χ0) is 30.2. The van der Waals surface area contributed by atoms with Crippen molar-refractivity contribution in [1.82, 2.24) is 23.9 Å². The first-order chi connectivity index (χ1) is 22.8. The van der Waals surface area contributed by atoms with Crippen LogP contribution in [-0.2, 0) is 0 Å². The summed E-state index contributed by atoms with van der Waals surface area (Å²) in [6, 6.07) is 52.9. The molecule has 5 heteroatoms. The molecule has 0 aliphatic carbocycles. The average molecular weight is 588 g/mol. The van der Waals surface area contributed by atoms with Crippen LogP contribution in [-0.4, -0.2) is 23.9 Å². The van der Waals surface area contributed by atoms with Gasteiger partial charge in [-0.25, -0.2) is 15.0 Å². The molecule has 6 aromatic carbocycles. The smallest absolute Gasteiger partial charge is 0.235 e. The second-order valence-electron chi connectivity index (χ2n) is 11.7. The molecule has 0 saturated carbocycles. The lowest BCUT2D eigenvalue weighted by Gasteiger charge is -2.14. The SMILES string of the molecule is c1ccc(-c2nc(-n3c(-c4ccccc4)c4c5c(cccc53)c3ccccc3n3c5ccccc5nc43)nc3ccccc23)cc1. The lowest BCUT2D eigenvalue weighted by atomic mass is 10.0. The van der Waals surface area contributed by atoms with Crippen molar-refractivity contribution in [3.8, 4) is 28.5 Å². The van der Waals surface area contributed by atoms with E-state index < -0.39 is 0 Å². The monoisotopic (exact) mass is 587 g/mol. The number of hydrogen-bond donors (Lipinski definition) is 0. The van der Waals surface area contributed by atoms with Crippen LogP contribution in [0.25, 0.3) is 88.6 Å². The quantitative estimate of drug-likeness (QED) is 0.207. The first kappa shape index (κ1) is 25.0. The molecular weight excluding hydrogens is 562 g/mol. The Morgan fingerprint density at radius 3 is 1.80 bits per heavy atom. The minimum absolute atomic E-state index is 0.626. The van der Waals surface area contributed by atoms with Crippen LogP contribution in [0.5, 0.6) is 0 Å². The van der Waals surface area contributed by atoms with Crippen LogP contribution in [0, 0.1) is 0 Å². The van der Waals surface area contributed by atoms with Crippen molar-refractivity contribution in [1.29, 1.82) is 0 Å². The van der Waals surface area contributed by atoms with Gasteiger partial charge in [0.25, 0.3) is 0 Å². The Morgan fingerprint density at radius 2 is 1.00 bits per heavy atom. The summed E-state index contributed by atoms with van der Waals surface area (Å²) in [4.78, 5) is 16.0. The number of rotatable bonds is 3. The Morgan fingerprint density at radius 1 is 0.391 bits per heavy atom. The number of nitrogens with zero attached hydrogens (tertiary/aromatic N) is 5. The number of fused-ring (bicyclic) bond motifs is 8. The third kappa shape index (κ3) is 3.48. The van der Waals surface area contributed by atoms with Gasteiger partial charge in [-0.05, 0) is 41.3 Å². The van der Waals surface area contributed by atoms with Crippen molar-refractivity contribution >= 4 is 60.2 Å². The van der Waals surface area contributed by atoms with Gasteiger partial charge in [0.15, 0.2) is 0 Å². The lowest BCUT2D eigenvalue weighted by molar-refractivity contribution is 0.992. The summed E-state index contributed by atoms with van der Waals surface area (Å²) in [5, 5.41) is 5.56. The van der Waals surface area contributed by atoms with E-state index in [-0.39, 0.29) is 0 Å². The van der Waals surface area contributed by atoms with Crippen LogP contribution >= 0.6 is 0 Å². The largest absolute Gasteiger partial charge is 0.292 e. The molecule has 5 nitrogen and oxygen atoms in total. The van der Waals surface area contributed by atoms with E-state index >= 15 is 0 Å². The molecule has 0 unspecified atom stereocenters. The molecule has 4 aromatic heterocycles. The maximum atomic E-state index is 5.37. The molecule has 0 atom stereocenters. The van der Waals surface area contributed by atoms with E-state index in [0.29, 0.717) is 5.95 Å². The summed E-state index contributed by atoms with van der Waals surface area (Å²) in [7, 11) is 0. The molecule has 0 radical (unpaired) electrons. The number of aromatic nitrogens is 5. The van der Waals surface area contributed by atoms with Crippen molar-refractivity contribution < 1.29 is 0 Å². The third-order valence-corrected chi connectivity index (χ3v) is 9.10. The predicted octanol–water partition coefficient (Wildman–Crippen LogP) is 10.0. The fourth-order valence-corrected chi connectivity index (χ4v) is 7.17. The van der Waals surface area contributed by atoms with Gasteiger partial charge in [0.2, 0.25) is 5.95 Å². The molecule has 0 amide bonds. The fraction of sp³-hybridized carbons (Fsp3) is 0. The molecule has 4 heterocycles. The highest BCUT2D eigenvalue weighted by Gasteiger charge is 2.25. The van der Waals surface area contributed by atoms with E-state index in [9.17, 15) is 0 Å². The summed E-state index contributed by atoms with van der Waals surface area (Å²) in [5.41, 5.74) is 10.0. The average Bonchev–Trinajstić information content (AvgIpc) is 3.64. The maximum Gasteiger partial charge on any atom is 0.235 e. The number of imidazole rings is 1. The summed E-state index contributed by atoms with van der Waals surface area (Å²) >= 11 is 0. The van der Waals surface area contributed by atoms with Gasteiger partial charge in [-0.2, -0.15) is 0 Å². The molecule has 0 bridgehead atoms. The highest BCUT2D eigenvalue weighted by Crippen LogP contribution is 2.44. The number of para-hydroxylation sites is 4. The zero-order valence-electron chi connectivity index (χ0n) is 24.7. The van der Waals surface area contributed by atoms with Gasteiger partial charge < -0.3 is 0 Å². The van der Waals surface area contributed by atoms with Crippen LogP contribution in [0.1, 0.15) is 0 Å². The van der Waals surface area contributed by atoms with Gasteiger partial charge in [0.1, 0.15) is 5.65 Å². The minimum atomic E-state index is 0.626. The molecule has 0 aliphatic heterocycles. The van der Waals surface area contributed by atoms with Crippen molar-refractivity contribution in [3.05, 3.63) is 152 Å². The van der Waals surface area contributed by atoms with Crippen molar-refractivity contribution in [2.45, 2.75) is 0 Å². The number of benzene rings is 6. The van der Waals surface area contributed by atoms with Crippen LogP contribution in [0.3, 0.4) is 0 Å². The van der Waals surface area contributed by atoms with Gasteiger partial charge in [-0.1, -0.05) is 121 Å². The first-order valence-corrected chi connectivity index (χ1v) is 15.5. The van der Waals surface area contributed by atoms with Gasteiger partial charge >= 0.3 is 0 Å². The molecule has 0 saturated heterocycles. The molecule has 214 valence electrons. The van der Waals surface area contributed by atoms with Crippen LogP contribution in [0.4, 0.5) is 0 Å². The Kier molecular flexibility index (Phi) is 5.22. The van der Waals surface area contributed by atoms with Crippen LogP contribution in [0.15, 0.2) is 152 Å². The van der Waals surface area contributed by atoms with Gasteiger partial charge in [0, 0.05) is 21.7 Å². The van der Waals surface area contributed by atoms with E-state index in [1.54, 1.807) is 0 Å². The standard InChI is InChI=1S/C41H25N5/c1-3-14-26(15-4-1)38-30-19-7-9-21-31(30)43-41(44-38)46-35-25-13-20-29-28-18-8-11-23-33(28)45-34-24-12-10-22-32(34)42-40(45)37(36(29)35)39(46)27-16-5-2-6-17-27/h1-25H. The van der Waals surface area contributed by atoms with Crippen LogP contribution in [0.2, 0.25) is 0 Å². The minimum Gasteiger partial charge on any atom is -0.292 e. The molecule has 0 fully saturated rings. The first-order valence-electron chi connectivity index (χ1n) is 15.5. The molecule has 46 heavy (non-hydrogen) atoms. The van der Waals surface area contributed by atoms with Gasteiger partial charge in [-0.3, -0.25) is 8.97 Å². The van der Waals surface area contributed by atoms with E-state index in [1.165, 1.54) is 0 Å². The van der Waals surface area contributed by atoms with Gasteiger partial charge in [-0.15, -0.1) is 0 Å². The Labute approximate surface area is 263 Å². The molecule has 0 aliphatic rings. The second-order valence-corrected chi connectivity index (χ2v) is 11.7. The molecule has 0 N–H and O–H groups in total. The predicted molar refractivity (Wildman–Crippen MR) is 189 cm³/mol. The van der Waals surface area contributed by atoms with Gasteiger partial charge in [0.05, 0.1) is 44.4 Å². The van der Waals surface area contributed by atoms with Crippen molar-refractivity contribution in [2.75, 3.05) is 0 Å². The molecule has 10 aromatic rings. The highest BCUT2D eigenvalue weighted by molar-refractivity contribution is 6.26. The zero-order valence-corrected chi connectivity index (χ0v) is 24.7. The Bertz CT molecular complexity index is 2790. The molecular formula is C41H25N5. The van der Waals surface area contributed by atoms with Crippen molar-refractivity contribution in [2.24, 2.45) is 0 Å². The third-order valence-electron chi connectivity index (χ3n) is 9.10. The Hall–Kier alpha value is -6.33. The normalized spacial score (nSPS) is 11.9. The van der Waals surface area contributed by atoms with E-state index in [0.717, 1.165) is 82.7 Å². The molecule has 0 spiro atoms. The summed E-state index contributed by atoms with van der Waals surface area (Å²) in [6.45, 7) is 0. The Balaban J connectivity index is 1.48. The summed E-state index contributed by atoms with van der Waals surface area (Å²) in [6.07, 6.45) is 0. The summed E-state index contributed by atoms with van der Waals surface area (Å²) in [5.74, 6) is 0.626. The molecule has 10 rings (SSSR count). The lowest BCUT2D eigenvalue weighted by Crippen LogP contribution is -2.05. The van der Waals surface area contributed by atoms with E-state index in [4.69, 9.17) is 15.0 Å².